The maximum absolute atomic E-state index is 2.19. The van der Waals surface area contributed by atoms with E-state index in [-0.39, 0.29) is 0 Å². The van der Waals surface area contributed by atoms with E-state index in [2.05, 4.69) is 194 Å². The van der Waals surface area contributed by atoms with Crippen molar-refractivity contribution in [2.75, 3.05) is 0 Å². The van der Waals surface area contributed by atoms with Crippen molar-refractivity contribution in [3.05, 3.63) is 208 Å². The monoisotopic (exact) mass is 560 g/mol. The third-order valence-electron chi connectivity index (χ3n) is 8.06. The summed E-state index contributed by atoms with van der Waals surface area (Å²) in [6, 6.07) is 52.3. The molecule has 0 radical (unpaired) electrons. The van der Waals surface area contributed by atoms with E-state index in [9.17, 15) is 0 Å². The SMILES string of the molecule is C1=c2ccc(cc2)=CC=c2ccc(cc2)=c2ccc(cc2)=CC=c2ccc(cc2)=CC=c2ccc(cc2)=c2ccc(cc2)=C1. The van der Waals surface area contributed by atoms with E-state index >= 15 is 0 Å². The summed E-state index contributed by atoms with van der Waals surface area (Å²) in [6.07, 6.45) is 17.4. The molecule has 208 valence electrons. The van der Waals surface area contributed by atoms with Gasteiger partial charge in [0, 0.05) is 0 Å². The molecule has 0 fully saturated rings. The second kappa shape index (κ2) is 12.7. The number of rotatable bonds is 0. The Kier molecular flexibility index (Phi) is 7.80. The van der Waals surface area contributed by atoms with E-state index in [0.717, 1.165) is 0 Å². The summed E-state index contributed by atoms with van der Waals surface area (Å²) in [5.74, 6) is 0. The van der Waals surface area contributed by atoms with Crippen LogP contribution in [0.25, 0.3) is 48.6 Å². The zero-order valence-corrected chi connectivity index (χ0v) is 24.5. The van der Waals surface area contributed by atoms with Crippen LogP contribution < -0.4 is 41.7 Å². The van der Waals surface area contributed by atoms with E-state index in [1.54, 1.807) is 0 Å². The number of hydrogen-bond donors (Lipinski definition) is 0. The molecule has 0 heteroatoms. The lowest BCUT2D eigenvalue weighted by atomic mass is 10.1. The Morgan fingerprint density at radius 1 is 0.136 bits per heavy atom. The molecule has 6 aromatic carbocycles. The van der Waals surface area contributed by atoms with Gasteiger partial charge in [-0.1, -0.05) is 194 Å². The Balaban J connectivity index is 1.35. The van der Waals surface area contributed by atoms with Gasteiger partial charge in [0.25, 0.3) is 0 Å². The Bertz CT molecular complexity index is 2190. The molecular weight excluding hydrogens is 528 g/mol. The molecule has 0 N–H and O–H groups in total. The van der Waals surface area contributed by atoms with Crippen LogP contribution in [0, 0.1) is 20.9 Å². The minimum atomic E-state index is 1.18. The largest absolute Gasteiger partial charge is 0.0544 e. The third-order valence-corrected chi connectivity index (χ3v) is 8.06. The fraction of sp³-hybridized carbons (Fsp3) is 0. The van der Waals surface area contributed by atoms with Gasteiger partial charge in [0.2, 0.25) is 0 Å². The van der Waals surface area contributed by atoms with Crippen LogP contribution in [0.3, 0.4) is 0 Å². The molecule has 0 heterocycles. The van der Waals surface area contributed by atoms with Crippen LogP contribution in [0.5, 0.6) is 0 Å². The van der Waals surface area contributed by atoms with Gasteiger partial charge >= 0.3 is 0 Å². The van der Waals surface area contributed by atoms with Crippen molar-refractivity contribution < 1.29 is 0 Å². The van der Waals surface area contributed by atoms with Crippen LogP contribution in [0.2, 0.25) is 0 Å². The Hall–Kier alpha value is -5.72. The van der Waals surface area contributed by atoms with Crippen LogP contribution in [-0.4, -0.2) is 0 Å². The first kappa shape index (κ1) is 27.1. The summed E-state index contributed by atoms with van der Waals surface area (Å²) in [6.45, 7) is 0. The summed E-state index contributed by atoms with van der Waals surface area (Å²) < 4.78 is 0. The van der Waals surface area contributed by atoms with Crippen LogP contribution in [0.4, 0.5) is 0 Å². The first-order valence-electron chi connectivity index (χ1n) is 15.1. The van der Waals surface area contributed by atoms with E-state index in [1.807, 2.05) is 0 Å². The third kappa shape index (κ3) is 6.67. The molecule has 0 saturated heterocycles. The maximum atomic E-state index is 2.19. The number of hydrogen-bond acceptors (Lipinski definition) is 0. The molecule has 44 heavy (non-hydrogen) atoms. The Morgan fingerprint density at radius 3 is 0.386 bits per heavy atom. The lowest BCUT2D eigenvalue weighted by Gasteiger charge is -1.92. The Labute approximate surface area is 256 Å². The fourth-order valence-electron chi connectivity index (χ4n) is 5.35. The highest BCUT2D eigenvalue weighted by Gasteiger charge is 1.88. The standard InChI is InChI=1S/C44H32/c1-2-34-4-3-33(1)9-13-37-17-25-41(26-18-37)43-29-21-39(22-30-43)15-11-35-5-7-36(8-6-35)12-16-40-23-31-44(32-24-40)42-27-19-38(14-10-34)20-28-42/h1-32H. The summed E-state index contributed by atoms with van der Waals surface area (Å²) in [4.78, 5) is 0. The van der Waals surface area contributed by atoms with Gasteiger partial charge in [-0.2, -0.15) is 0 Å². The predicted molar refractivity (Wildman–Crippen MR) is 187 cm³/mol. The molecule has 0 unspecified atom stereocenters. The first-order chi connectivity index (χ1) is 21.7. The van der Waals surface area contributed by atoms with E-state index in [1.165, 1.54) is 62.6 Å². The van der Waals surface area contributed by atoms with Crippen molar-refractivity contribution in [2.45, 2.75) is 0 Å². The zero-order valence-electron chi connectivity index (χ0n) is 24.5. The molecule has 0 atom stereocenters. The molecule has 16 rings (SSSR count). The first-order valence-corrected chi connectivity index (χ1v) is 15.1. The van der Waals surface area contributed by atoms with Crippen molar-refractivity contribution in [3.63, 3.8) is 0 Å². The molecule has 0 saturated carbocycles. The van der Waals surface area contributed by atoms with Crippen LogP contribution >= 0.6 is 0 Å². The van der Waals surface area contributed by atoms with E-state index in [4.69, 9.17) is 0 Å². The lowest BCUT2D eigenvalue weighted by molar-refractivity contribution is 1.45. The topological polar surface area (TPSA) is 0 Å². The van der Waals surface area contributed by atoms with Crippen molar-refractivity contribution in [1.82, 2.24) is 0 Å². The van der Waals surface area contributed by atoms with Gasteiger partial charge in [0.05, 0.1) is 0 Å². The van der Waals surface area contributed by atoms with Gasteiger partial charge in [-0.15, -0.1) is 0 Å². The fourth-order valence-corrected chi connectivity index (χ4v) is 5.35. The summed E-state index contributed by atoms with van der Waals surface area (Å²) in [5.41, 5.74) is 0. The van der Waals surface area contributed by atoms with Gasteiger partial charge < -0.3 is 0 Å². The summed E-state index contributed by atoms with van der Waals surface area (Å²) in [5, 5.41) is 14.3. The predicted octanol–water partition coefficient (Wildman–Crippen LogP) is 3.62. The van der Waals surface area contributed by atoms with Crippen molar-refractivity contribution >= 4 is 48.6 Å². The van der Waals surface area contributed by atoms with Crippen LogP contribution in [0.1, 0.15) is 0 Å². The zero-order chi connectivity index (χ0) is 29.6. The van der Waals surface area contributed by atoms with Crippen molar-refractivity contribution in [2.24, 2.45) is 0 Å². The van der Waals surface area contributed by atoms with Gasteiger partial charge in [-0.05, 0) is 62.6 Å². The van der Waals surface area contributed by atoms with E-state index in [0.29, 0.717) is 0 Å². The highest BCUT2D eigenvalue weighted by Crippen LogP contribution is 1.95. The molecule has 10 aliphatic carbocycles. The smallest absolute Gasteiger partial charge is 0.0184 e. The summed E-state index contributed by atoms with van der Waals surface area (Å²) in [7, 11) is 0. The average Bonchev–Trinajstić information content (AvgIpc) is 3.09. The highest BCUT2D eigenvalue weighted by atomic mass is 13.9. The normalized spacial score (nSPS) is 12.2. The van der Waals surface area contributed by atoms with Gasteiger partial charge in [0.15, 0.2) is 0 Å². The molecule has 0 nitrogen and oxygen atoms in total. The van der Waals surface area contributed by atoms with Gasteiger partial charge in [-0.25, -0.2) is 0 Å². The van der Waals surface area contributed by atoms with Gasteiger partial charge in [-0.3, -0.25) is 0 Å². The second-order valence-electron chi connectivity index (χ2n) is 11.2. The summed E-state index contributed by atoms with van der Waals surface area (Å²) >= 11 is 0. The molecule has 10 aliphatic rings. The van der Waals surface area contributed by atoms with Crippen molar-refractivity contribution in [3.8, 4) is 0 Å². The van der Waals surface area contributed by atoms with Crippen LogP contribution in [-0.2, 0) is 0 Å². The Morgan fingerprint density at radius 2 is 0.250 bits per heavy atom. The molecule has 0 amide bonds. The number of benzene rings is 6. The molecular formula is C44H32. The second-order valence-corrected chi connectivity index (χ2v) is 11.2. The molecule has 0 aromatic heterocycles. The minimum absolute atomic E-state index is 1.18. The lowest BCUT2D eigenvalue weighted by Crippen LogP contribution is -2.07. The van der Waals surface area contributed by atoms with Crippen LogP contribution in [0.15, 0.2) is 146 Å². The molecule has 12 bridgehead atoms. The molecule has 0 spiro atoms. The average molecular weight is 561 g/mol. The minimum Gasteiger partial charge on any atom is -0.0544 e. The maximum Gasteiger partial charge on any atom is -0.0184 e. The highest BCUT2D eigenvalue weighted by molar-refractivity contribution is 5.63. The van der Waals surface area contributed by atoms with E-state index < -0.39 is 0 Å². The molecule has 6 aromatic rings. The molecule has 0 aliphatic heterocycles. The van der Waals surface area contributed by atoms with Crippen molar-refractivity contribution in [1.29, 1.82) is 0 Å². The quantitative estimate of drug-likeness (QED) is 0.266. The van der Waals surface area contributed by atoms with Gasteiger partial charge in [0.1, 0.15) is 0 Å².